The second-order valence-electron chi connectivity index (χ2n) is 6.22. The van der Waals surface area contributed by atoms with Gasteiger partial charge >= 0.3 is 5.97 Å². The predicted molar refractivity (Wildman–Crippen MR) is 98.9 cm³/mol. The highest BCUT2D eigenvalue weighted by molar-refractivity contribution is 5.97. The molecule has 0 radical (unpaired) electrons. The number of esters is 1. The molecule has 1 aromatic carbocycles. The molecule has 140 valence electrons. The third kappa shape index (κ3) is 8.57. The van der Waals surface area contributed by atoms with E-state index < -0.39 is 12.0 Å². The number of ether oxygens (including phenoxy) is 2. The normalized spacial score (nSPS) is 11.6. The van der Waals surface area contributed by atoms with Gasteiger partial charge in [-0.3, -0.25) is 4.79 Å². The zero-order chi connectivity index (χ0) is 18.5. The maximum absolute atomic E-state index is 12.2. The topological polar surface area (TPSA) is 64.6 Å². The molecule has 1 N–H and O–H groups in total. The van der Waals surface area contributed by atoms with Crippen molar-refractivity contribution >= 4 is 11.9 Å². The summed E-state index contributed by atoms with van der Waals surface area (Å²) in [6.45, 7) is 4.24. The first-order valence-electron chi connectivity index (χ1n) is 9.20. The fourth-order valence-corrected chi connectivity index (χ4v) is 2.46. The minimum Gasteiger partial charge on any atom is -0.497 e. The highest BCUT2D eigenvalue weighted by atomic mass is 16.5. The monoisotopic (exact) mass is 349 g/mol. The first-order chi connectivity index (χ1) is 12.1. The predicted octanol–water partition coefficient (Wildman–Crippen LogP) is 4.11. The number of hydrogen-bond donors (Lipinski definition) is 1. The van der Waals surface area contributed by atoms with Gasteiger partial charge in [-0.05, 0) is 31.5 Å². The lowest BCUT2D eigenvalue weighted by Gasteiger charge is -2.14. The maximum Gasteiger partial charge on any atom is 0.328 e. The highest BCUT2D eigenvalue weighted by Crippen LogP contribution is 2.12. The first-order valence-corrected chi connectivity index (χ1v) is 9.20. The van der Waals surface area contributed by atoms with Gasteiger partial charge in [-0.15, -0.1) is 0 Å². The van der Waals surface area contributed by atoms with Gasteiger partial charge in [0.25, 0.3) is 5.91 Å². The van der Waals surface area contributed by atoms with Crippen molar-refractivity contribution in [3.63, 3.8) is 0 Å². The van der Waals surface area contributed by atoms with Crippen LogP contribution in [0.5, 0.6) is 5.75 Å². The Balaban J connectivity index is 2.23. The van der Waals surface area contributed by atoms with Gasteiger partial charge in [-0.2, -0.15) is 0 Å². The van der Waals surface area contributed by atoms with Gasteiger partial charge in [-0.1, -0.05) is 51.5 Å². The summed E-state index contributed by atoms with van der Waals surface area (Å²) >= 11 is 0. The van der Waals surface area contributed by atoms with E-state index in [0.29, 0.717) is 17.9 Å². The summed E-state index contributed by atoms with van der Waals surface area (Å²) in [7, 11) is 1.54. The molecule has 0 unspecified atom stereocenters. The molecule has 1 rings (SSSR count). The summed E-state index contributed by atoms with van der Waals surface area (Å²) in [5.41, 5.74) is 0.450. The molecule has 0 aromatic heterocycles. The number of carbonyl (C=O) groups is 2. The molecule has 5 nitrogen and oxygen atoms in total. The summed E-state index contributed by atoms with van der Waals surface area (Å²) in [6.07, 6.45) is 8.19. The quantitative estimate of drug-likeness (QED) is 0.456. The molecule has 0 aliphatic heterocycles. The van der Waals surface area contributed by atoms with E-state index in [1.807, 2.05) is 0 Å². The van der Waals surface area contributed by atoms with E-state index in [-0.39, 0.29) is 5.91 Å². The molecule has 1 aromatic rings. The van der Waals surface area contributed by atoms with Gasteiger partial charge in [0, 0.05) is 5.56 Å². The van der Waals surface area contributed by atoms with Crippen LogP contribution >= 0.6 is 0 Å². The summed E-state index contributed by atoms with van der Waals surface area (Å²) in [4.78, 5) is 24.1. The number of carbonyl (C=O) groups excluding carboxylic acids is 2. The SMILES string of the molecule is CCCCCCCCCOC(=O)[C@H](C)NC(=O)c1cccc(OC)c1. The molecule has 0 aliphatic rings. The van der Waals surface area contributed by atoms with Crippen molar-refractivity contribution in [2.45, 2.75) is 64.8 Å². The van der Waals surface area contributed by atoms with Crippen LogP contribution in [0.25, 0.3) is 0 Å². The lowest BCUT2D eigenvalue weighted by molar-refractivity contribution is -0.145. The lowest BCUT2D eigenvalue weighted by Crippen LogP contribution is -2.39. The molecule has 5 heteroatoms. The second kappa shape index (κ2) is 12.3. The van der Waals surface area contributed by atoms with Crippen LogP contribution in [0.3, 0.4) is 0 Å². The Hall–Kier alpha value is -2.04. The summed E-state index contributed by atoms with van der Waals surface area (Å²) in [6, 6.07) is 6.12. The smallest absolute Gasteiger partial charge is 0.328 e. The van der Waals surface area contributed by atoms with Crippen molar-refractivity contribution in [2.75, 3.05) is 13.7 Å². The van der Waals surface area contributed by atoms with Crippen LogP contribution in [0.1, 0.15) is 69.2 Å². The van der Waals surface area contributed by atoms with Crippen LogP contribution in [-0.4, -0.2) is 31.6 Å². The molecular formula is C20H31NO4. The van der Waals surface area contributed by atoms with E-state index in [2.05, 4.69) is 12.2 Å². The van der Waals surface area contributed by atoms with Gasteiger partial charge in [0.05, 0.1) is 13.7 Å². The van der Waals surface area contributed by atoms with E-state index in [0.717, 1.165) is 12.8 Å². The number of methoxy groups -OCH3 is 1. The average Bonchev–Trinajstić information content (AvgIpc) is 2.63. The number of unbranched alkanes of at least 4 members (excludes halogenated alkanes) is 6. The number of amides is 1. The Bertz CT molecular complexity index is 530. The number of benzene rings is 1. The Kier molecular flexibility index (Phi) is 10.4. The molecule has 0 aliphatic carbocycles. The van der Waals surface area contributed by atoms with E-state index in [1.165, 1.54) is 32.1 Å². The maximum atomic E-state index is 12.2. The summed E-state index contributed by atoms with van der Waals surface area (Å²) in [5, 5.41) is 2.65. The van der Waals surface area contributed by atoms with Gasteiger partial charge < -0.3 is 14.8 Å². The van der Waals surface area contributed by atoms with Gasteiger partial charge in [-0.25, -0.2) is 4.79 Å². The largest absolute Gasteiger partial charge is 0.497 e. The molecule has 0 heterocycles. The molecule has 25 heavy (non-hydrogen) atoms. The third-order valence-corrected chi connectivity index (χ3v) is 4.03. The van der Waals surface area contributed by atoms with Crippen molar-refractivity contribution < 1.29 is 19.1 Å². The fourth-order valence-electron chi connectivity index (χ4n) is 2.46. The molecule has 0 spiro atoms. The highest BCUT2D eigenvalue weighted by Gasteiger charge is 2.18. The van der Waals surface area contributed by atoms with Crippen LogP contribution in [0.2, 0.25) is 0 Å². The molecule has 0 saturated heterocycles. The van der Waals surface area contributed by atoms with E-state index >= 15 is 0 Å². The van der Waals surface area contributed by atoms with Crippen molar-refractivity contribution in [2.24, 2.45) is 0 Å². The summed E-state index contributed by atoms with van der Waals surface area (Å²) < 4.78 is 10.3. The van der Waals surface area contributed by atoms with Crippen LogP contribution < -0.4 is 10.1 Å². The zero-order valence-corrected chi connectivity index (χ0v) is 15.7. The molecule has 1 atom stereocenters. The minimum absolute atomic E-state index is 0.320. The van der Waals surface area contributed by atoms with Crippen molar-refractivity contribution in [1.82, 2.24) is 5.32 Å². The first kappa shape index (κ1) is 21.0. The fraction of sp³-hybridized carbons (Fsp3) is 0.600. The van der Waals surface area contributed by atoms with Gasteiger partial charge in [0.2, 0.25) is 0 Å². The van der Waals surface area contributed by atoms with E-state index in [9.17, 15) is 9.59 Å². The molecular weight excluding hydrogens is 318 g/mol. The Morgan fingerprint density at radius 1 is 1.08 bits per heavy atom. The average molecular weight is 349 g/mol. The van der Waals surface area contributed by atoms with Crippen molar-refractivity contribution in [3.05, 3.63) is 29.8 Å². The lowest BCUT2D eigenvalue weighted by atomic mass is 10.1. The number of hydrogen-bond acceptors (Lipinski definition) is 4. The molecule has 1 amide bonds. The van der Waals surface area contributed by atoms with Crippen molar-refractivity contribution in [3.8, 4) is 5.75 Å². The van der Waals surface area contributed by atoms with Crippen LogP contribution in [-0.2, 0) is 9.53 Å². The molecule has 0 fully saturated rings. The third-order valence-electron chi connectivity index (χ3n) is 4.03. The molecule has 0 bridgehead atoms. The number of rotatable bonds is 12. The summed E-state index contributed by atoms with van der Waals surface area (Å²) in [5.74, 6) is -0.122. The van der Waals surface area contributed by atoms with E-state index in [1.54, 1.807) is 38.3 Å². The number of nitrogens with one attached hydrogen (secondary N) is 1. The van der Waals surface area contributed by atoms with Crippen molar-refractivity contribution in [1.29, 1.82) is 0 Å². The standard InChI is InChI=1S/C20H31NO4/c1-4-5-6-7-8-9-10-14-25-20(23)16(2)21-19(22)17-12-11-13-18(15-17)24-3/h11-13,15-16H,4-10,14H2,1-3H3,(H,21,22)/t16-/m0/s1. The second-order valence-corrected chi connectivity index (χ2v) is 6.22. The van der Waals surface area contributed by atoms with Crippen LogP contribution in [0.4, 0.5) is 0 Å². The Labute approximate surface area is 151 Å². The Morgan fingerprint density at radius 3 is 2.44 bits per heavy atom. The van der Waals surface area contributed by atoms with Crippen LogP contribution in [0, 0.1) is 0 Å². The Morgan fingerprint density at radius 2 is 1.76 bits per heavy atom. The molecule has 0 saturated carbocycles. The zero-order valence-electron chi connectivity index (χ0n) is 15.7. The van der Waals surface area contributed by atoms with Gasteiger partial charge in [0.15, 0.2) is 0 Å². The minimum atomic E-state index is -0.678. The van der Waals surface area contributed by atoms with Crippen LogP contribution in [0.15, 0.2) is 24.3 Å². The van der Waals surface area contributed by atoms with E-state index in [4.69, 9.17) is 9.47 Å². The van der Waals surface area contributed by atoms with Gasteiger partial charge in [0.1, 0.15) is 11.8 Å².